The van der Waals surface area contributed by atoms with Gasteiger partial charge in [-0.15, -0.1) is 0 Å². The molecule has 4 N–H and O–H groups in total. The Morgan fingerprint density at radius 3 is 2.55 bits per heavy atom. The lowest BCUT2D eigenvalue weighted by molar-refractivity contribution is 0.318. The Bertz CT molecular complexity index is 619. The second-order valence-electron chi connectivity index (χ2n) is 4.81. The predicted molar refractivity (Wildman–Crippen MR) is 83.3 cm³/mol. The molecular weight excluding hydrogens is 270 g/mol. The Hall–Kier alpha value is -1.85. The molecule has 2 rings (SSSR count). The Morgan fingerprint density at radius 2 is 1.95 bits per heavy atom. The molecule has 20 heavy (non-hydrogen) atoms. The fourth-order valence-electron chi connectivity index (χ4n) is 2.01. The summed E-state index contributed by atoms with van der Waals surface area (Å²) in [5.74, 6) is 0.140. The number of nitrogens with two attached hydrogens (primary N) is 1. The summed E-state index contributed by atoms with van der Waals surface area (Å²) in [5.41, 5.74) is 11.3. The largest absolute Gasteiger partial charge is 0.409 e. The molecule has 0 aliphatic heterocycles. The molecule has 2 aromatic rings. The first-order valence-electron chi connectivity index (χ1n) is 6.41. The summed E-state index contributed by atoms with van der Waals surface area (Å²) in [6, 6.07) is 5.81. The molecule has 1 aromatic carbocycles. The fourth-order valence-corrected chi connectivity index (χ4v) is 2.87. The summed E-state index contributed by atoms with van der Waals surface area (Å²) in [4.78, 5) is 0. The van der Waals surface area contributed by atoms with Crippen molar-refractivity contribution < 1.29 is 5.21 Å². The Morgan fingerprint density at radius 1 is 1.20 bits per heavy atom. The van der Waals surface area contributed by atoms with Gasteiger partial charge in [0.2, 0.25) is 0 Å². The number of hydrogen-bond acceptors (Lipinski definition) is 4. The molecule has 0 aliphatic rings. The number of hydrogen-bond donors (Lipinski definition) is 3. The molecule has 0 unspecified atom stereocenters. The molecule has 0 atom stereocenters. The van der Waals surface area contributed by atoms with E-state index in [-0.39, 0.29) is 5.84 Å². The van der Waals surface area contributed by atoms with Gasteiger partial charge in [-0.2, -0.15) is 11.3 Å². The third-order valence-electron chi connectivity index (χ3n) is 3.34. The number of thiophene rings is 1. The van der Waals surface area contributed by atoms with E-state index < -0.39 is 0 Å². The van der Waals surface area contributed by atoms with Crippen LogP contribution in [0.2, 0.25) is 0 Å². The van der Waals surface area contributed by atoms with E-state index in [4.69, 9.17) is 10.9 Å². The maximum Gasteiger partial charge on any atom is 0.170 e. The third-order valence-corrected chi connectivity index (χ3v) is 4.25. The Balaban J connectivity index is 1.98. The zero-order chi connectivity index (χ0) is 14.5. The van der Waals surface area contributed by atoms with Crippen molar-refractivity contribution in [1.29, 1.82) is 0 Å². The molecule has 0 saturated heterocycles. The maximum absolute atomic E-state index is 8.67. The molecule has 1 heterocycles. The van der Waals surface area contributed by atoms with Gasteiger partial charge in [-0.1, -0.05) is 17.3 Å². The van der Waals surface area contributed by atoms with Gasteiger partial charge in [-0.25, -0.2) is 0 Å². The van der Waals surface area contributed by atoms with Crippen LogP contribution in [0, 0.1) is 13.8 Å². The predicted octanol–water partition coefficient (Wildman–Crippen LogP) is 2.75. The number of aryl methyl sites for hydroxylation is 2. The van der Waals surface area contributed by atoms with Gasteiger partial charge in [0.15, 0.2) is 5.84 Å². The van der Waals surface area contributed by atoms with Gasteiger partial charge in [0.05, 0.1) is 0 Å². The van der Waals surface area contributed by atoms with E-state index in [2.05, 4.69) is 28.2 Å². The quantitative estimate of drug-likeness (QED) is 0.343. The normalized spacial score (nSPS) is 11.8. The molecule has 106 valence electrons. The fraction of sp³-hybridized carbons (Fsp3) is 0.267. The number of oxime groups is 1. The number of amidine groups is 1. The first-order valence-corrected chi connectivity index (χ1v) is 7.36. The lowest BCUT2D eigenvalue weighted by Gasteiger charge is -2.09. The van der Waals surface area contributed by atoms with Crippen molar-refractivity contribution in [2.75, 3.05) is 0 Å². The zero-order valence-corrected chi connectivity index (χ0v) is 12.5. The van der Waals surface area contributed by atoms with E-state index in [1.807, 2.05) is 25.1 Å². The highest BCUT2D eigenvalue weighted by atomic mass is 32.1. The summed E-state index contributed by atoms with van der Waals surface area (Å²) in [6.45, 7) is 5.83. The number of benzene rings is 1. The molecule has 0 fully saturated rings. The third kappa shape index (κ3) is 3.37. The van der Waals surface area contributed by atoms with Gasteiger partial charge in [-0.05, 0) is 52.9 Å². The number of nitrogens with zero attached hydrogens (tertiary/aromatic N) is 1. The van der Waals surface area contributed by atoms with Gasteiger partial charge < -0.3 is 16.3 Å². The monoisotopic (exact) mass is 289 g/mol. The molecule has 0 radical (unpaired) electrons. The second-order valence-corrected chi connectivity index (χ2v) is 5.55. The van der Waals surface area contributed by atoms with E-state index in [0.717, 1.165) is 24.2 Å². The summed E-state index contributed by atoms with van der Waals surface area (Å²) in [6.07, 6.45) is 0. The molecule has 0 amide bonds. The zero-order valence-electron chi connectivity index (χ0n) is 11.7. The average molecular weight is 289 g/mol. The SMILES string of the molecule is Cc1cc(/C(N)=N/O)ccc1CNCc1cscc1C. The first-order chi connectivity index (χ1) is 9.61. The molecule has 1 aromatic heterocycles. The van der Waals surface area contributed by atoms with Crippen molar-refractivity contribution in [3.8, 4) is 0 Å². The maximum atomic E-state index is 8.67. The van der Waals surface area contributed by atoms with Crippen molar-refractivity contribution in [3.05, 3.63) is 56.8 Å². The molecule has 0 saturated carbocycles. The lowest BCUT2D eigenvalue weighted by atomic mass is 10.0. The second kappa shape index (κ2) is 6.54. The molecular formula is C15H19N3OS. The summed E-state index contributed by atoms with van der Waals surface area (Å²) >= 11 is 1.73. The highest BCUT2D eigenvalue weighted by Gasteiger charge is 2.04. The van der Waals surface area contributed by atoms with Crippen LogP contribution >= 0.6 is 11.3 Å². The van der Waals surface area contributed by atoms with E-state index >= 15 is 0 Å². The van der Waals surface area contributed by atoms with E-state index in [1.54, 1.807) is 11.3 Å². The van der Waals surface area contributed by atoms with Crippen molar-refractivity contribution in [2.24, 2.45) is 10.9 Å². The summed E-state index contributed by atoms with van der Waals surface area (Å²) in [7, 11) is 0. The Labute approximate surface area is 122 Å². The van der Waals surface area contributed by atoms with E-state index in [9.17, 15) is 0 Å². The van der Waals surface area contributed by atoms with Gasteiger partial charge in [0, 0.05) is 18.7 Å². The van der Waals surface area contributed by atoms with Crippen LogP contribution in [0.4, 0.5) is 0 Å². The van der Waals surface area contributed by atoms with E-state index in [1.165, 1.54) is 16.7 Å². The van der Waals surface area contributed by atoms with Crippen LogP contribution in [0.1, 0.15) is 27.8 Å². The average Bonchev–Trinajstić information content (AvgIpc) is 2.85. The standard InChI is InChI=1S/C15H19N3OS/c1-10-5-12(15(16)18-19)3-4-13(10)6-17-7-14-9-20-8-11(14)2/h3-5,8-9,17,19H,6-7H2,1-2H3,(H2,16,18). The Kier molecular flexibility index (Phi) is 4.76. The first kappa shape index (κ1) is 14.6. The van der Waals surface area contributed by atoms with Crippen LogP contribution in [-0.2, 0) is 13.1 Å². The minimum atomic E-state index is 0.140. The molecule has 5 heteroatoms. The summed E-state index contributed by atoms with van der Waals surface area (Å²) < 4.78 is 0. The van der Waals surface area contributed by atoms with Crippen LogP contribution in [0.15, 0.2) is 34.1 Å². The molecule has 4 nitrogen and oxygen atoms in total. The van der Waals surface area contributed by atoms with Gasteiger partial charge in [0.1, 0.15) is 0 Å². The van der Waals surface area contributed by atoms with Crippen molar-refractivity contribution >= 4 is 17.2 Å². The minimum absolute atomic E-state index is 0.140. The molecule has 0 spiro atoms. The highest BCUT2D eigenvalue weighted by molar-refractivity contribution is 7.08. The molecule has 0 bridgehead atoms. The van der Waals surface area contributed by atoms with Gasteiger partial charge in [-0.3, -0.25) is 0 Å². The van der Waals surface area contributed by atoms with Crippen molar-refractivity contribution in [1.82, 2.24) is 5.32 Å². The van der Waals surface area contributed by atoms with Crippen molar-refractivity contribution in [3.63, 3.8) is 0 Å². The minimum Gasteiger partial charge on any atom is -0.409 e. The summed E-state index contributed by atoms with van der Waals surface area (Å²) in [5, 5.41) is 19.5. The number of nitrogens with one attached hydrogen (secondary N) is 1. The topological polar surface area (TPSA) is 70.6 Å². The van der Waals surface area contributed by atoms with Crippen LogP contribution in [0.3, 0.4) is 0 Å². The smallest absolute Gasteiger partial charge is 0.170 e. The van der Waals surface area contributed by atoms with Gasteiger partial charge in [0.25, 0.3) is 0 Å². The van der Waals surface area contributed by atoms with Crippen molar-refractivity contribution in [2.45, 2.75) is 26.9 Å². The van der Waals surface area contributed by atoms with E-state index in [0.29, 0.717) is 0 Å². The van der Waals surface area contributed by atoms with Gasteiger partial charge >= 0.3 is 0 Å². The highest BCUT2D eigenvalue weighted by Crippen LogP contribution is 2.14. The number of rotatable bonds is 5. The van der Waals surface area contributed by atoms with Crippen LogP contribution in [0.25, 0.3) is 0 Å². The lowest BCUT2D eigenvalue weighted by Crippen LogP contribution is -2.16. The van der Waals surface area contributed by atoms with Crippen LogP contribution in [-0.4, -0.2) is 11.0 Å². The molecule has 0 aliphatic carbocycles. The van der Waals surface area contributed by atoms with Crippen LogP contribution < -0.4 is 11.1 Å². The van der Waals surface area contributed by atoms with Crippen LogP contribution in [0.5, 0.6) is 0 Å².